The Bertz CT molecular complexity index is 1010. The summed E-state index contributed by atoms with van der Waals surface area (Å²) in [5.41, 5.74) is 8.04. The van der Waals surface area contributed by atoms with Gasteiger partial charge in [-0.05, 0) is 70.2 Å². The molecule has 2 aromatic heterocycles. The molecule has 0 amide bonds. The third kappa shape index (κ3) is 4.03. The molecule has 3 aromatic rings. The molecule has 0 bridgehead atoms. The zero-order valence-corrected chi connectivity index (χ0v) is 17.9. The van der Waals surface area contributed by atoms with E-state index < -0.39 is 0 Å². The molecular weight excluding hydrogens is 360 g/mol. The van der Waals surface area contributed by atoms with Gasteiger partial charge in [-0.15, -0.1) is 10.2 Å². The number of fused-ring (bicyclic) bond motifs is 1. The average Bonchev–Trinajstić information content (AvgIpc) is 2.65. The van der Waals surface area contributed by atoms with Crippen LogP contribution in [0.15, 0.2) is 42.6 Å². The van der Waals surface area contributed by atoms with Crippen molar-refractivity contribution in [1.82, 2.24) is 20.5 Å². The Morgan fingerprint density at radius 1 is 1.00 bits per heavy atom. The molecule has 1 fully saturated rings. The van der Waals surface area contributed by atoms with Crippen molar-refractivity contribution in [2.75, 3.05) is 17.7 Å². The van der Waals surface area contributed by atoms with Crippen molar-refractivity contribution >= 4 is 22.4 Å². The minimum atomic E-state index is 0.0904. The number of pyridine rings is 1. The van der Waals surface area contributed by atoms with E-state index in [9.17, 15) is 0 Å². The summed E-state index contributed by atoms with van der Waals surface area (Å²) >= 11 is 0. The van der Waals surface area contributed by atoms with Crippen molar-refractivity contribution < 1.29 is 0 Å². The summed E-state index contributed by atoms with van der Waals surface area (Å²) in [5, 5.41) is 14.8. The summed E-state index contributed by atoms with van der Waals surface area (Å²) in [4.78, 5) is 6.45. The van der Waals surface area contributed by atoms with Crippen LogP contribution in [0.3, 0.4) is 0 Å². The predicted molar refractivity (Wildman–Crippen MR) is 120 cm³/mol. The Balaban J connectivity index is 1.58. The van der Waals surface area contributed by atoms with Crippen LogP contribution in [0, 0.1) is 0 Å². The van der Waals surface area contributed by atoms with Crippen LogP contribution >= 0.6 is 0 Å². The van der Waals surface area contributed by atoms with Crippen molar-refractivity contribution in [3.8, 4) is 11.3 Å². The number of piperidine rings is 1. The van der Waals surface area contributed by atoms with Crippen LogP contribution in [-0.2, 0) is 0 Å². The molecule has 6 heteroatoms. The summed E-state index contributed by atoms with van der Waals surface area (Å²) in [7, 11) is 2.12. The molecule has 1 aliphatic heterocycles. The first kappa shape index (κ1) is 19.6. The molecule has 6 nitrogen and oxygen atoms in total. The van der Waals surface area contributed by atoms with Gasteiger partial charge in [-0.25, -0.2) is 4.98 Å². The molecule has 0 radical (unpaired) electrons. The van der Waals surface area contributed by atoms with E-state index in [-0.39, 0.29) is 11.1 Å². The molecule has 29 heavy (non-hydrogen) atoms. The lowest BCUT2D eigenvalue weighted by molar-refractivity contribution is 0.160. The second-order valence-electron chi connectivity index (χ2n) is 9.47. The number of benzene rings is 1. The molecule has 3 heterocycles. The van der Waals surface area contributed by atoms with Gasteiger partial charge in [-0.3, -0.25) is 0 Å². The molecule has 0 aliphatic carbocycles. The first-order chi connectivity index (χ1) is 13.6. The topological polar surface area (TPSA) is 80.0 Å². The molecule has 152 valence electrons. The lowest BCUT2D eigenvalue weighted by Crippen LogP contribution is -2.62. The van der Waals surface area contributed by atoms with E-state index in [2.05, 4.69) is 66.2 Å². The Hall–Kier alpha value is -2.73. The first-order valence-corrected chi connectivity index (χ1v) is 10.1. The van der Waals surface area contributed by atoms with E-state index in [0.717, 1.165) is 40.7 Å². The van der Waals surface area contributed by atoms with Crippen molar-refractivity contribution in [2.24, 2.45) is 0 Å². The standard InChI is InChI=1S/C23H30N6/c1-22(2)13-17(14-23(3,4)28-22)29(5)20-9-8-19(26-27-20)16-7-6-15-10-11-25-21(24)18(15)12-16/h6-12,17,28H,13-14H2,1-5H3,(H2,24,25). The van der Waals surface area contributed by atoms with E-state index >= 15 is 0 Å². The molecule has 1 saturated heterocycles. The number of nitrogen functional groups attached to an aromatic ring is 1. The maximum Gasteiger partial charge on any atom is 0.151 e. The molecule has 0 atom stereocenters. The smallest absolute Gasteiger partial charge is 0.151 e. The lowest BCUT2D eigenvalue weighted by Gasteiger charge is -2.49. The number of nitrogens with one attached hydrogen (secondary N) is 1. The van der Waals surface area contributed by atoms with Gasteiger partial charge in [0.15, 0.2) is 5.82 Å². The summed E-state index contributed by atoms with van der Waals surface area (Å²) in [6, 6.07) is 12.6. The van der Waals surface area contributed by atoms with Gasteiger partial charge in [0.25, 0.3) is 0 Å². The Kier molecular flexibility index (Phi) is 4.69. The van der Waals surface area contributed by atoms with E-state index in [1.165, 1.54) is 0 Å². The number of nitrogens with zero attached hydrogens (tertiary/aromatic N) is 4. The number of rotatable bonds is 3. The maximum absolute atomic E-state index is 6.03. The fourth-order valence-corrected chi connectivity index (χ4v) is 4.75. The van der Waals surface area contributed by atoms with Gasteiger partial charge in [0, 0.05) is 41.3 Å². The van der Waals surface area contributed by atoms with Gasteiger partial charge in [0.1, 0.15) is 5.82 Å². The highest BCUT2D eigenvalue weighted by Crippen LogP contribution is 2.33. The van der Waals surface area contributed by atoms with Crippen molar-refractivity contribution in [2.45, 2.75) is 57.7 Å². The first-order valence-electron chi connectivity index (χ1n) is 10.1. The second-order valence-corrected chi connectivity index (χ2v) is 9.47. The fraction of sp³-hybridized carbons (Fsp3) is 0.435. The van der Waals surface area contributed by atoms with Crippen LogP contribution in [0.2, 0.25) is 0 Å². The minimum Gasteiger partial charge on any atom is -0.383 e. The number of hydrogen-bond donors (Lipinski definition) is 2. The molecule has 0 unspecified atom stereocenters. The quantitative estimate of drug-likeness (QED) is 0.703. The number of nitrogens with two attached hydrogens (primary N) is 1. The van der Waals surface area contributed by atoms with Gasteiger partial charge in [0.05, 0.1) is 5.69 Å². The van der Waals surface area contributed by atoms with Gasteiger partial charge in [-0.1, -0.05) is 12.1 Å². The molecule has 1 aliphatic rings. The largest absolute Gasteiger partial charge is 0.383 e. The zero-order chi connectivity index (χ0) is 20.8. The second kappa shape index (κ2) is 6.95. The van der Waals surface area contributed by atoms with Crippen LogP contribution in [0.25, 0.3) is 22.0 Å². The highest BCUT2D eigenvalue weighted by molar-refractivity contribution is 5.93. The fourth-order valence-electron chi connectivity index (χ4n) is 4.75. The third-order valence-electron chi connectivity index (χ3n) is 5.82. The Morgan fingerprint density at radius 2 is 1.72 bits per heavy atom. The molecule has 1 aromatic carbocycles. The summed E-state index contributed by atoms with van der Waals surface area (Å²) < 4.78 is 0. The third-order valence-corrected chi connectivity index (χ3v) is 5.82. The summed E-state index contributed by atoms with van der Waals surface area (Å²) in [6.07, 6.45) is 3.85. The van der Waals surface area contributed by atoms with Crippen molar-refractivity contribution in [1.29, 1.82) is 0 Å². The van der Waals surface area contributed by atoms with Crippen molar-refractivity contribution in [3.63, 3.8) is 0 Å². The van der Waals surface area contributed by atoms with Gasteiger partial charge in [0.2, 0.25) is 0 Å². The van der Waals surface area contributed by atoms with Crippen LogP contribution in [-0.4, -0.2) is 39.3 Å². The summed E-state index contributed by atoms with van der Waals surface area (Å²) in [5.74, 6) is 1.43. The van der Waals surface area contributed by atoms with Gasteiger partial charge in [-0.2, -0.15) is 0 Å². The minimum absolute atomic E-state index is 0.0904. The molecular formula is C23H30N6. The highest BCUT2D eigenvalue weighted by Gasteiger charge is 2.39. The van der Waals surface area contributed by atoms with Gasteiger partial charge >= 0.3 is 0 Å². The SMILES string of the molecule is CN(c1ccc(-c2ccc3ccnc(N)c3c2)nn1)C1CC(C)(C)NC(C)(C)C1. The number of hydrogen-bond acceptors (Lipinski definition) is 6. The van der Waals surface area contributed by atoms with Gasteiger partial charge < -0.3 is 16.0 Å². The number of anilines is 2. The van der Waals surface area contributed by atoms with Crippen LogP contribution < -0.4 is 16.0 Å². The van der Waals surface area contributed by atoms with E-state index in [4.69, 9.17) is 5.73 Å². The average molecular weight is 391 g/mol. The highest BCUT2D eigenvalue weighted by atomic mass is 15.3. The molecule has 0 spiro atoms. The number of aromatic nitrogens is 3. The van der Waals surface area contributed by atoms with E-state index in [1.807, 2.05) is 30.3 Å². The zero-order valence-electron chi connectivity index (χ0n) is 17.9. The van der Waals surface area contributed by atoms with E-state index in [0.29, 0.717) is 11.9 Å². The van der Waals surface area contributed by atoms with Crippen LogP contribution in [0.4, 0.5) is 11.6 Å². The Labute approximate surface area is 172 Å². The molecule has 3 N–H and O–H groups in total. The maximum atomic E-state index is 6.03. The van der Waals surface area contributed by atoms with Crippen molar-refractivity contribution in [3.05, 3.63) is 42.6 Å². The van der Waals surface area contributed by atoms with Crippen LogP contribution in [0.1, 0.15) is 40.5 Å². The Morgan fingerprint density at radius 3 is 2.38 bits per heavy atom. The normalized spacial score (nSPS) is 18.7. The van der Waals surface area contributed by atoms with E-state index in [1.54, 1.807) is 6.20 Å². The predicted octanol–water partition coefficient (Wildman–Crippen LogP) is 4.02. The monoisotopic (exact) mass is 390 g/mol. The summed E-state index contributed by atoms with van der Waals surface area (Å²) in [6.45, 7) is 9.07. The molecule has 0 saturated carbocycles. The molecule has 4 rings (SSSR count). The lowest BCUT2D eigenvalue weighted by atomic mass is 9.79. The van der Waals surface area contributed by atoms with Crippen LogP contribution in [0.5, 0.6) is 0 Å².